The zero-order valence-corrected chi connectivity index (χ0v) is 33.5. The molecule has 0 saturated heterocycles. The Morgan fingerprint density at radius 2 is 1.91 bits per heavy atom. The number of benzene rings is 3. The first-order valence-electron chi connectivity index (χ1n) is 18.9. The molecule has 302 valence electrons. The van der Waals surface area contributed by atoms with Crippen molar-refractivity contribution in [2.24, 2.45) is 5.73 Å². The summed E-state index contributed by atoms with van der Waals surface area (Å²) in [6.45, 7) is 6.06. The number of nitrogens with zero attached hydrogens (tertiary/aromatic N) is 5. The molecular weight excluding hydrogens is 762 g/mol. The molecule has 14 nitrogen and oxygen atoms in total. The summed E-state index contributed by atoms with van der Waals surface area (Å²) in [4.78, 5) is 46.6. The highest BCUT2D eigenvalue weighted by Gasteiger charge is 2.33. The number of carbonyl (C=O) groups excluding carboxylic acids is 3. The molecule has 2 aliphatic rings. The van der Waals surface area contributed by atoms with E-state index in [1.54, 1.807) is 24.1 Å². The fourth-order valence-corrected chi connectivity index (χ4v) is 7.83. The number of ether oxygens (including phenoxy) is 1. The van der Waals surface area contributed by atoms with E-state index in [2.05, 4.69) is 31.8 Å². The molecule has 2 atom stereocenters. The number of allylic oxidation sites excluding steroid dienone is 1. The molecule has 2 amide bonds. The van der Waals surface area contributed by atoms with Crippen molar-refractivity contribution in [1.29, 1.82) is 5.41 Å². The van der Waals surface area contributed by atoms with Crippen LogP contribution >= 0.6 is 0 Å². The number of hydrogen-bond donors (Lipinski definition) is 4. The topological polar surface area (TPSA) is 198 Å². The van der Waals surface area contributed by atoms with E-state index in [1.807, 2.05) is 51.1 Å². The van der Waals surface area contributed by atoms with E-state index in [0.29, 0.717) is 56.9 Å². The molecule has 5 aromatic rings. The van der Waals surface area contributed by atoms with Crippen molar-refractivity contribution in [2.75, 3.05) is 12.4 Å². The van der Waals surface area contributed by atoms with Crippen LogP contribution in [0.3, 0.4) is 0 Å². The van der Waals surface area contributed by atoms with Gasteiger partial charge in [0.2, 0.25) is 17.5 Å². The summed E-state index contributed by atoms with van der Waals surface area (Å²) >= 11 is 0. The van der Waals surface area contributed by atoms with Crippen molar-refractivity contribution in [3.05, 3.63) is 107 Å². The number of nitrogens with two attached hydrogens (primary N) is 1. The van der Waals surface area contributed by atoms with Gasteiger partial charge in [-0.25, -0.2) is 13.6 Å². The quantitative estimate of drug-likeness (QED) is 0.0738. The van der Waals surface area contributed by atoms with Crippen molar-refractivity contribution in [3.63, 3.8) is 0 Å². The summed E-state index contributed by atoms with van der Waals surface area (Å²) in [5, 5.41) is 17.3. The lowest BCUT2D eigenvalue weighted by Gasteiger charge is -2.26. The molecule has 0 spiro atoms. The number of halogens is 1. The minimum absolute atomic E-state index is 0.103. The Labute approximate surface area is 338 Å². The average molecular weight is 808 g/mol. The van der Waals surface area contributed by atoms with E-state index >= 15 is 0 Å². The molecule has 3 heterocycles. The van der Waals surface area contributed by atoms with Gasteiger partial charge in [-0.3, -0.25) is 9.59 Å². The van der Waals surface area contributed by atoms with Crippen LogP contribution in [-0.4, -0.2) is 72.2 Å². The SMILES string of the molecule is CNC(=O)CCC(C=O)N1Cc2cc(C3CCC3)ccc2C1=O.Cc1cccc(S(=O)c2ccc(Nc3nc4c(OC(C)C)c(/C(C=N)=C/N)ncn4n3)c(F)c2)c1. The second-order valence-electron chi connectivity index (χ2n) is 14.3. The maximum Gasteiger partial charge on any atom is 0.255 e. The molecule has 5 N–H and O–H groups in total. The van der Waals surface area contributed by atoms with Gasteiger partial charge in [0, 0.05) is 53.4 Å². The van der Waals surface area contributed by atoms with Crippen molar-refractivity contribution < 1.29 is 27.7 Å². The first-order chi connectivity index (χ1) is 27.9. The monoisotopic (exact) mass is 807 g/mol. The van der Waals surface area contributed by atoms with E-state index in [-0.39, 0.29) is 36.0 Å². The third kappa shape index (κ3) is 9.12. The molecule has 1 aliphatic heterocycles. The summed E-state index contributed by atoms with van der Waals surface area (Å²) < 4.78 is 35.1. The lowest BCUT2D eigenvalue weighted by Crippen LogP contribution is -2.37. The van der Waals surface area contributed by atoms with Crippen molar-refractivity contribution in [1.82, 2.24) is 29.8 Å². The number of aryl methyl sites for hydroxylation is 1. The van der Waals surface area contributed by atoms with Crippen LogP contribution in [0.1, 0.15) is 84.6 Å². The van der Waals surface area contributed by atoms with E-state index in [9.17, 15) is 23.0 Å². The zero-order valence-electron chi connectivity index (χ0n) is 32.7. The zero-order chi connectivity index (χ0) is 41.5. The number of aldehydes is 1. The maximum absolute atomic E-state index is 14.9. The second kappa shape index (κ2) is 18.3. The van der Waals surface area contributed by atoms with Gasteiger partial charge in [-0.05, 0) is 99.0 Å². The van der Waals surface area contributed by atoms with Crippen molar-refractivity contribution >= 4 is 58.0 Å². The molecule has 3 aromatic carbocycles. The largest absolute Gasteiger partial charge is 0.485 e. The van der Waals surface area contributed by atoms with Gasteiger partial charge in [-0.15, -0.1) is 5.10 Å². The highest BCUT2D eigenvalue weighted by molar-refractivity contribution is 7.85. The standard InChI is InChI=1S/C24H24FN7O2S.C18H22N2O3/c1-14(2)34-22-21(16(11-26)12-27)28-13-32-23(22)30-24(31-32)29-20-8-7-18(10-19(20)25)35(33)17-6-4-5-15(3)9-17;1-19-17(22)8-6-15(11-21)20-10-14-9-13(12-3-2-4-12)5-7-16(14)18(20)23/h4-14,26H,27H2,1-3H3,(H,29,31);5,7,9,11-12,15H,2-4,6,8,10H2,1H3,(H,19,22)/b16-12+,26-11?;. The van der Waals surface area contributed by atoms with Crippen LogP contribution in [0.2, 0.25) is 0 Å². The van der Waals surface area contributed by atoms with Gasteiger partial charge in [0.05, 0.1) is 28.6 Å². The average Bonchev–Trinajstić information content (AvgIpc) is 3.76. The number of aromatic nitrogens is 4. The Balaban J connectivity index is 0.000000213. The molecule has 7 rings (SSSR count). The van der Waals surface area contributed by atoms with Crippen LogP contribution in [0.15, 0.2) is 83.0 Å². The summed E-state index contributed by atoms with van der Waals surface area (Å²) in [7, 11) is 0.0522. The molecule has 2 aromatic heterocycles. The smallest absolute Gasteiger partial charge is 0.255 e. The predicted molar refractivity (Wildman–Crippen MR) is 219 cm³/mol. The summed E-state index contributed by atoms with van der Waals surface area (Å²) in [5.74, 6) is 0.212. The van der Waals surface area contributed by atoms with Crippen LogP contribution in [-0.2, 0) is 26.9 Å². The highest BCUT2D eigenvalue weighted by Crippen LogP contribution is 2.38. The lowest BCUT2D eigenvalue weighted by molar-refractivity contribution is -0.121. The minimum atomic E-state index is -1.51. The molecule has 0 bridgehead atoms. The normalized spacial score (nSPS) is 14.9. The van der Waals surface area contributed by atoms with E-state index in [4.69, 9.17) is 15.9 Å². The van der Waals surface area contributed by atoms with E-state index < -0.39 is 22.7 Å². The third-order valence-corrected chi connectivity index (χ3v) is 11.3. The molecule has 1 aliphatic carbocycles. The van der Waals surface area contributed by atoms with Gasteiger partial charge in [0.1, 0.15) is 24.1 Å². The Bertz CT molecular complexity index is 2410. The third-order valence-electron chi connectivity index (χ3n) is 9.95. The molecule has 0 radical (unpaired) electrons. The number of carbonyl (C=O) groups is 3. The number of fused-ring (bicyclic) bond motifs is 2. The van der Waals surface area contributed by atoms with Gasteiger partial charge in [0.25, 0.3) is 5.91 Å². The summed E-state index contributed by atoms with van der Waals surface area (Å²) in [6, 6.07) is 17.1. The number of nitrogens with one attached hydrogen (secondary N) is 3. The highest BCUT2D eigenvalue weighted by atomic mass is 32.2. The van der Waals surface area contributed by atoms with Gasteiger partial charge in [0.15, 0.2) is 5.75 Å². The summed E-state index contributed by atoms with van der Waals surface area (Å²) in [5.41, 5.74) is 10.7. The minimum Gasteiger partial charge on any atom is -0.485 e. The second-order valence-corrected chi connectivity index (χ2v) is 15.8. The maximum atomic E-state index is 14.9. The molecule has 1 fully saturated rings. The number of rotatable bonds is 14. The number of anilines is 2. The van der Waals surface area contributed by atoms with Gasteiger partial charge in [-0.2, -0.15) is 9.50 Å². The van der Waals surface area contributed by atoms with Crippen LogP contribution in [0.5, 0.6) is 5.75 Å². The first kappa shape index (κ1) is 41.3. The van der Waals surface area contributed by atoms with E-state index in [1.165, 1.54) is 54.0 Å². The molecule has 58 heavy (non-hydrogen) atoms. The fraction of sp³-hybridized carbons (Fsp3) is 0.310. The van der Waals surface area contributed by atoms with E-state index in [0.717, 1.165) is 23.6 Å². The van der Waals surface area contributed by atoms with Crippen molar-refractivity contribution in [2.45, 2.75) is 87.3 Å². The Hall–Kier alpha value is -6.29. The molecule has 1 saturated carbocycles. The van der Waals surface area contributed by atoms with Gasteiger partial charge in [-0.1, -0.05) is 30.7 Å². The Kier molecular flexibility index (Phi) is 13.1. The van der Waals surface area contributed by atoms with Gasteiger partial charge < -0.3 is 36.2 Å². The molecular formula is C42H46FN9O5S. The first-order valence-corrected chi connectivity index (χ1v) is 20.1. The lowest BCUT2D eigenvalue weighted by atomic mass is 9.79. The Morgan fingerprint density at radius 3 is 2.55 bits per heavy atom. The number of amides is 2. The molecule has 2 unspecified atom stereocenters. The van der Waals surface area contributed by atoms with Crippen LogP contribution in [0.4, 0.5) is 16.0 Å². The van der Waals surface area contributed by atoms with Crippen LogP contribution in [0, 0.1) is 18.2 Å². The van der Waals surface area contributed by atoms with Crippen LogP contribution in [0.25, 0.3) is 11.2 Å². The van der Waals surface area contributed by atoms with Crippen LogP contribution < -0.4 is 21.1 Å². The Morgan fingerprint density at radius 1 is 1.14 bits per heavy atom. The van der Waals surface area contributed by atoms with Gasteiger partial charge >= 0.3 is 0 Å². The predicted octanol–water partition coefficient (Wildman–Crippen LogP) is 6.22. The summed E-state index contributed by atoms with van der Waals surface area (Å²) in [6.07, 6.45) is 8.63. The fourth-order valence-electron chi connectivity index (χ4n) is 6.66. The number of hydrogen-bond acceptors (Lipinski definition) is 11. The van der Waals surface area contributed by atoms with Crippen molar-refractivity contribution in [3.8, 4) is 5.75 Å². The molecule has 16 heteroatoms.